The van der Waals surface area contributed by atoms with Crippen LogP contribution in [0.25, 0.3) is 0 Å². The summed E-state index contributed by atoms with van der Waals surface area (Å²) in [6, 6.07) is 17.4. The van der Waals surface area contributed by atoms with Gasteiger partial charge in [-0.3, -0.25) is 0 Å². The average Bonchev–Trinajstić information content (AvgIpc) is 2.70. The van der Waals surface area contributed by atoms with E-state index in [0.717, 1.165) is 5.56 Å². The standard InChI is InChI=1S/C20H16Cl2N4O3S/c21-14-8-13(10-20(23)25-26-24)9-15(11-14)29-19-7-6-17(12-18(19)22)30(27,28)16-4-2-1-3-5-16/h1-9,11-12H,10H2,(H3,23,24,25)/p+1. The van der Waals surface area contributed by atoms with E-state index in [1.807, 2.05) is 0 Å². The van der Waals surface area contributed by atoms with Gasteiger partial charge in [0.2, 0.25) is 15.7 Å². The van der Waals surface area contributed by atoms with E-state index >= 15 is 0 Å². The van der Waals surface area contributed by atoms with Crippen molar-refractivity contribution in [1.29, 1.82) is 0 Å². The Labute approximate surface area is 183 Å². The first-order valence-electron chi connectivity index (χ1n) is 8.59. The quantitative estimate of drug-likeness (QED) is 0.240. The molecule has 0 aliphatic rings. The second-order valence-corrected chi connectivity index (χ2v) is 8.98. The molecule has 30 heavy (non-hydrogen) atoms. The first-order valence-corrected chi connectivity index (χ1v) is 10.8. The maximum absolute atomic E-state index is 12.7. The monoisotopic (exact) mass is 463 g/mol. The number of nitrogens with zero attached hydrogens (tertiary/aromatic N) is 2. The van der Waals surface area contributed by atoms with Gasteiger partial charge in [-0.05, 0) is 54.1 Å². The van der Waals surface area contributed by atoms with Crippen LogP contribution in [0.3, 0.4) is 0 Å². The highest BCUT2D eigenvalue weighted by molar-refractivity contribution is 7.91. The maximum atomic E-state index is 12.7. The van der Waals surface area contributed by atoms with Crippen LogP contribution in [-0.2, 0) is 16.3 Å². The Balaban J connectivity index is 1.87. The van der Waals surface area contributed by atoms with Crippen LogP contribution in [0, 0.1) is 0 Å². The van der Waals surface area contributed by atoms with E-state index in [1.54, 1.807) is 36.4 Å². The number of rotatable bonds is 7. The summed E-state index contributed by atoms with van der Waals surface area (Å²) < 4.78 is 31.3. The van der Waals surface area contributed by atoms with Crippen molar-refractivity contribution in [2.75, 3.05) is 0 Å². The van der Waals surface area contributed by atoms with Crippen molar-refractivity contribution < 1.29 is 18.7 Å². The van der Waals surface area contributed by atoms with Gasteiger partial charge in [-0.15, -0.1) is 0 Å². The lowest BCUT2D eigenvalue weighted by Crippen LogP contribution is -2.24. The first-order chi connectivity index (χ1) is 14.3. The molecular formula is C20H17Cl2N4O3S+. The molecule has 0 aliphatic carbocycles. The number of halogens is 2. The molecule has 0 bridgehead atoms. The molecule has 3 rings (SSSR count). The highest BCUT2D eigenvalue weighted by Gasteiger charge is 2.19. The van der Waals surface area contributed by atoms with Gasteiger partial charge in [0, 0.05) is 5.02 Å². The summed E-state index contributed by atoms with van der Waals surface area (Å²) in [5, 5.41) is 7.26. The van der Waals surface area contributed by atoms with Crippen LogP contribution in [-0.4, -0.2) is 14.3 Å². The number of hydrogen-bond acceptors (Lipinski definition) is 4. The maximum Gasteiger partial charge on any atom is 0.246 e. The normalized spacial score (nSPS) is 11.9. The lowest BCUT2D eigenvalue weighted by molar-refractivity contribution is -0.221. The van der Waals surface area contributed by atoms with Gasteiger partial charge in [-0.2, -0.15) is 5.53 Å². The van der Waals surface area contributed by atoms with E-state index in [4.69, 9.17) is 39.2 Å². The smallest absolute Gasteiger partial charge is 0.246 e. The number of ether oxygens (including phenoxy) is 1. The molecule has 0 atom stereocenters. The van der Waals surface area contributed by atoms with Gasteiger partial charge >= 0.3 is 0 Å². The minimum absolute atomic E-state index is 0.0624. The summed E-state index contributed by atoms with van der Waals surface area (Å²) in [4.78, 5) is 0.241. The predicted octanol–water partition coefficient (Wildman–Crippen LogP) is 3.64. The van der Waals surface area contributed by atoms with Crippen molar-refractivity contribution in [1.82, 2.24) is 0 Å². The van der Waals surface area contributed by atoms with Gasteiger partial charge in [-0.25, -0.2) is 8.42 Å². The molecule has 0 aromatic heterocycles. The van der Waals surface area contributed by atoms with E-state index in [1.165, 1.54) is 30.3 Å². The van der Waals surface area contributed by atoms with Crippen molar-refractivity contribution in [3.63, 3.8) is 0 Å². The molecule has 0 amide bonds. The highest BCUT2D eigenvalue weighted by atomic mass is 35.5. The molecule has 10 heteroatoms. The second-order valence-electron chi connectivity index (χ2n) is 6.19. The molecule has 7 nitrogen and oxygen atoms in total. The lowest BCUT2D eigenvalue weighted by Gasteiger charge is -2.11. The summed E-state index contributed by atoms with van der Waals surface area (Å²) >= 11 is 12.4. The number of sulfone groups is 1. The summed E-state index contributed by atoms with van der Waals surface area (Å²) in [5.74, 6) is 0.880. The molecular weight excluding hydrogens is 447 g/mol. The van der Waals surface area contributed by atoms with Crippen molar-refractivity contribution in [2.24, 2.45) is 16.1 Å². The zero-order chi connectivity index (χ0) is 21.7. The summed E-state index contributed by atoms with van der Waals surface area (Å²) in [6.45, 7) is 0. The second kappa shape index (κ2) is 9.25. The van der Waals surface area contributed by atoms with Gasteiger partial charge in [0.05, 0.1) is 26.3 Å². The number of nitrogens with two attached hydrogens (primary N) is 2. The molecule has 0 heterocycles. The van der Waals surface area contributed by atoms with Gasteiger partial charge in [0.1, 0.15) is 16.7 Å². The highest BCUT2D eigenvalue weighted by Crippen LogP contribution is 2.34. The Kier molecular flexibility index (Phi) is 6.71. The molecule has 0 saturated carbocycles. The summed E-state index contributed by atoms with van der Waals surface area (Å²) in [5.41, 5.74) is 11.4. The average molecular weight is 464 g/mol. The topological polar surface area (TPSA) is 120 Å². The molecule has 0 unspecified atom stereocenters. The van der Waals surface area contributed by atoms with Crippen LogP contribution in [0.5, 0.6) is 11.5 Å². The third-order valence-corrected chi connectivity index (χ3v) is 6.28. The van der Waals surface area contributed by atoms with Gasteiger partial charge in [-0.1, -0.05) is 41.4 Å². The summed E-state index contributed by atoms with van der Waals surface area (Å²) in [7, 11) is -3.69. The molecule has 154 valence electrons. The predicted molar refractivity (Wildman–Crippen MR) is 115 cm³/mol. The first kappa shape index (κ1) is 21.8. The molecule has 0 spiro atoms. The molecule has 0 aliphatic heterocycles. The van der Waals surface area contributed by atoms with Crippen LogP contribution in [0.15, 0.2) is 86.8 Å². The van der Waals surface area contributed by atoms with E-state index in [-0.39, 0.29) is 32.8 Å². The van der Waals surface area contributed by atoms with Gasteiger partial charge in [0.15, 0.2) is 0 Å². The molecule has 0 fully saturated rings. The van der Waals surface area contributed by atoms with Crippen LogP contribution in [0.1, 0.15) is 5.56 Å². The third kappa shape index (κ3) is 5.15. The van der Waals surface area contributed by atoms with Crippen molar-refractivity contribution in [3.05, 3.63) is 82.3 Å². The minimum atomic E-state index is -3.69. The van der Waals surface area contributed by atoms with Crippen LogP contribution >= 0.6 is 23.2 Å². The fraction of sp³-hybridized carbons (Fsp3) is 0.0500. The minimum Gasteiger partial charge on any atom is -0.456 e. The third-order valence-electron chi connectivity index (χ3n) is 4.00. The number of benzene rings is 3. The Morgan fingerprint density at radius 1 is 1.00 bits per heavy atom. The molecule has 4 N–H and O–H groups in total. The van der Waals surface area contributed by atoms with Crippen molar-refractivity contribution in [2.45, 2.75) is 16.2 Å². The molecule has 0 saturated heterocycles. The van der Waals surface area contributed by atoms with E-state index in [9.17, 15) is 8.42 Å². The van der Waals surface area contributed by atoms with Gasteiger partial charge < -0.3 is 10.5 Å². The SMILES string of the molecule is N/C(Cc1cc(Cl)cc(Oc2ccc(S(=O)(=O)c3ccccc3)cc2Cl)c1)=N\N=[NH2+]. The fourth-order valence-corrected chi connectivity index (χ4v) is 4.53. The molecule has 3 aromatic carbocycles. The Bertz CT molecular complexity index is 1220. The Morgan fingerprint density at radius 3 is 2.40 bits per heavy atom. The zero-order valence-corrected chi connectivity index (χ0v) is 17.8. The van der Waals surface area contributed by atoms with Crippen molar-refractivity contribution >= 4 is 38.9 Å². The van der Waals surface area contributed by atoms with Crippen LogP contribution < -0.4 is 16.0 Å². The van der Waals surface area contributed by atoms with Crippen LogP contribution in [0.2, 0.25) is 10.0 Å². The van der Waals surface area contributed by atoms with E-state index in [0.29, 0.717) is 10.8 Å². The largest absolute Gasteiger partial charge is 0.456 e. The van der Waals surface area contributed by atoms with Crippen molar-refractivity contribution in [3.8, 4) is 11.5 Å². The Hall–Kier alpha value is -2.94. The molecule has 0 radical (unpaired) electrons. The number of amidine groups is 1. The van der Waals surface area contributed by atoms with E-state index < -0.39 is 9.84 Å². The lowest BCUT2D eigenvalue weighted by atomic mass is 10.1. The van der Waals surface area contributed by atoms with E-state index in [2.05, 4.69) is 10.3 Å². The number of hydrogen-bond donors (Lipinski definition) is 2. The van der Waals surface area contributed by atoms with Crippen LogP contribution in [0.4, 0.5) is 0 Å². The van der Waals surface area contributed by atoms with Gasteiger partial charge in [0.25, 0.3) is 0 Å². The zero-order valence-electron chi connectivity index (χ0n) is 15.5. The summed E-state index contributed by atoms with van der Waals surface area (Å²) in [6.07, 6.45) is 0.264. The molecule has 3 aromatic rings. The fourth-order valence-electron chi connectivity index (χ4n) is 2.69. The Morgan fingerprint density at radius 2 is 1.73 bits per heavy atom.